The van der Waals surface area contributed by atoms with E-state index in [2.05, 4.69) is 39.0 Å². The van der Waals surface area contributed by atoms with E-state index in [0.29, 0.717) is 30.2 Å². The Morgan fingerprint density at radius 1 is 0.923 bits per heavy atom. The molecule has 0 radical (unpaired) electrons. The Morgan fingerprint density at radius 3 is 2.49 bits per heavy atom. The Kier molecular flexibility index (Phi) is 8.19. The smallest absolute Gasteiger partial charge is 0.337 e. The van der Waals surface area contributed by atoms with Gasteiger partial charge in [-0.3, -0.25) is 4.57 Å². The average molecular weight is 541 g/mol. The highest BCUT2D eigenvalue weighted by Gasteiger charge is 2.19. The first-order valence-corrected chi connectivity index (χ1v) is 13.4. The van der Waals surface area contributed by atoms with Gasteiger partial charge in [-0.25, -0.2) is 9.78 Å². The summed E-state index contributed by atoms with van der Waals surface area (Å²) in [6.45, 7) is 1.08. The molecule has 3 aromatic carbocycles. The van der Waals surface area contributed by atoms with Gasteiger partial charge < -0.3 is 14.2 Å². The summed E-state index contributed by atoms with van der Waals surface area (Å²) in [5, 5.41) is 11.0. The molecule has 2 aromatic heterocycles. The molecule has 0 bridgehead atoms. The molecule has 0 saturated carbocycles. The lowest BCUT2D eigenvalue weighted by Crippen LogP contribution is -2.08. The fourth-order valence-electron chi connectivity index (χ4n) is 4.35. The van der Waals surface area contributed by atoms with E-state index in [1.807, 2.05) is 42.5 Å². The monoisotopic (exact) mass is 540 g/mol. The summed E-state index contributed by atoms with van der Waals surface area (Å²) >= 11 is 1.54. The highest BCUT2D eigenvalue weighted by molar-refractivity contribution is 7.98. The molecule has 39 heavy (non-hydrogen) atoms. The summed E-state index contributed by atoms with van der Waals surface area (Å²) in [7, 11) is 4.63. The van der Waals surface area contributed by atoms with Crippen LogP contribution in [0.15, 0.2) is 84.0 Å². The van der Waals surface area contributed by atoms with E-state index in [4.69, 9.17) is 19.2 Å². The molecular formula is C30H28N4O4S. The lowest BCUT2D eigenvalue weighted by atomic mass is 10.0. The van der Waals surface area contributed by atoms with Crippen LogP contribution in [0, 0.1) is 0 Å². The van der Waals surface area contributed by atoms with Gasteiger partial charge in [-0.1, -0.05) is 66.4 Å². The molecule has 0 aliphatic rings. The Morgan fingerprint density at radius 2 is 1.72 bits per heavy atom. The first-order chi connectivity index (χ1) is 19.1. The van der Waals surface area contributed by atoms with Crippen LogP contribution in [0.1, 0.15) is 15.9 Å². The van der Waals surface area contributed by atoms with Crippen molar-refractivity contribution in [2.24, 2.45) is 0 Å². The molecule has 0 unspecified atom stereocenters. The number of para-hydroxylation sites is 1. The third kappa shape index (κ3) is 5.64. The zero-order chi connectivity index (χ0) is 27.2. The highest BCUT2D eigenvalue weighted by Crippen LogP contribution is 2.34. The number of benzene rings is 3. The molecule has 0 amide bonds. The quantitative estimate of drug-likeness (QED) is 0.160. The van der Waals surface area contributed by atoms with E-state index >= 15 is 0 Å². The van der Waals surface area contributed by atoms with Gasteiger partial charge in [0.25, 0.3) is 0 Å². The minimum Gasteiger partial charge on any atom is -0.496 e. The molecule has 0 aliphatic carbocycles. The number of thioether (sulfide) groups is 1. The zero-order valence-corrected chi connectivity index (χ0v) is 22.8. The molecule has 0 aliphatic heterocycles. The first-order valence-electron chi connectivity index (χ1n) is 12.4. The molecule has 5 rings (SSSR count). The fraction of sp³-hybridized carbons (Fsp3) is 0.200. The third-order valence-electron chi connectivity index (χ3n) is 6.33. The van der Waals surface area contributed by atoms with Crippen LogP contribution in [0.4, 0.5) is 0 Å². The van der Waals surface area contributed by atoms with E-state index in [-0.39, 0.29) is 0 Å². The first kappa shape index (κ1) is 26.4. The van der Waals surface area contributed by atoms with Gasteiger partial charge in [0, 0.05) is 34.9 Å². The van der Waals surface area contributed by atoms with E-state index < -0.39 is 5.97 Å². The van der Waals surface area contributed by atoms with Crippen LogP contribution in [0.2, 0.25) is 0 Å². The van der Waals surface area contributed by atoms with Crippen molar-refractivity contribution < 1.29 is 19.0 Å². The largest absolute Gasteiger partial charge is 0.496 e. The van der Waals surface area contributed by atoms with Crippen molar-refractivity contribution in [3.05, 3.63) is 90.0 Å². The van der Waals surface area contributed by atoms with Crippen molar-refractivity contribution in [1.29, 1.82) is 0 Å². The van der Waals surface area contributed by atoms with Gasteiger partial charge in [0.15, 0.2) is 11.0 Å². The number of esters is 1. The SMILES string of the molecule is COCCn1c(SCc2ccc(C(=O)OC)cc2OC)nnc1-c1cc(-c2ccccc2)nc2ccccc12. The number of fused-ring (bicyclic) bond motifs is 1. The van der Waals surface area contributed by atoms with E-state index in [0.717, 1.165) is 44.3 Å². The predicted molar refractivity (Wildman–Crippen MR) is 152 cm³/mol. The van der Waals surface area contributed by atoms with Crippen LogP contribution >= 0.6 is 11.8 Å². The van der Waals surface area contributed by atoms with E-state index in [1.165, 1.54) is 7.11 Å². The lowest BCUT2D eigenvalue weighted by Gasteiger charge is -2.13. The Balaban J connectivity index is 1.54. The second-order valence-electron chi connectivity index (χ2n) is 8.70. The van der Waals surface area contributed by atoms with Crippen molar-refractivity contribution >= 4 is 28.6 Å². The van der Waals surface area contributed by atoms with Crippen LogP contribution in [-0.2, 0) is 21.8 Å². The number of hydrogen-bond acceptors (Lipinski definition) is 8. The molecule has 8 nitrogen and oxygen atoms in total. The molecule has 0 saturated heterocycles. The molecular weight excluding hydrogens is 512 g/mol. The summed E-state index contributed by atoms with van der Waals surface area (Å²) < 4.78 is 17.9. The Hall–Kier alpha value is -4.21. The second-order valence-corrected chi connectivity index (χ2v) is 9.64. The number of ether oxygens (including phenoxy) is 3. The summed E-state index contributed by atoms with van der Waals surface area (Å²) in [5.74, 6) is 1.53. The number of carbonyl (C=O) groups excluding carboxylic acids is 1. The fourth-order valence-corrected chi connectivity index (χ4v) is 5.30. The lowest BCUT2D eigenvalue weighted by molar-refractivity contribution is 0.0600. The number of methoxy groups -OCH3 is 3. The molecule has 2 heterocycles. The van der Waals surface area contributed by atoms with Crippen LogP contribution in [0.25, 0.3) is 33.5 Å². The van der Waals surface area contributed by atoms with Gasteiger partial charge >= 0.3 is 5.97 Å². The molecule has 0 N–H and O–H groups in total. The Labute approximate surface area is 231 Å². The number of nitrogens with zero attached hydrogens (tertiary/aromatic N) is 4. The Bertz CT molecular complexity index is 1600. The normalized spacial score (nSPS) is 11.1. The van der Waals surface area contributed by atoms with E-state index in [9.17, 15) is 4.79 Å². The second kappa shape index (κ2) is 12.1. The summed E-state index contributed by atoms with van der Waals surface area (Å²) in [4.78, 5) is 16.9. The third-order valence-corrected chi connectivity index (χ3v) is 7.34. The summed E-state index contributed by atoms with van der Waals surface area (Å²) in [5.41, 5.74) is 5.11. The van der Waals surface area contributed by atoms with Gasteiger partial charge in [0.05, 0.1) is 44.1 Å². The van der Waals surface area contributed by atoms with Crippen molar-refractivity contribution in [3.63, 3.8) is 0 Å². The van der Waals surface area contributed by atoms with Crippen LogP contribution in [0.5, 0.6) is 5.75 Å². The van der Waals surface area contributed by atoms with Gasteiger partial charge in [-0.2, -0.15) is 0 Å². The molecule has 0 atom stereocenters. The van der Waals surface area contributed by atoms with Gasteiger partial charge in [0.1, 0.15) is 5.75 Å². The van der Waals surface area contributed by atoms with Crippen molar-refractivity contribution in [3.8, 4) is 28.4 Å². The predicted octanol–water partition coefficient (Wildman–Crippen LogP) is 5.89. The van der Waals surface area contributed by atoms with Gasteiger partial charge in [-0.15, -0.1) is 10.2 Å². The van der Waals surface area contributed by atoms with Crippen molar-refractivity contribution in [1.82, 2.24) is 19.7 Å². The van der Waals surface area contributed by atoms with Crippen LogP contribution in [-0.4, -0.2) is 53.7 Å². The number of pyridine rings is 1. The minimum atomic E-state index is -0.407. The summed E-state index contributed by atoms with van der Waals surface area (Å²) in [6.07, 6.45) is 0. The summed E-state index contributed by atoms with van der Waals surface area (Å²) in [6, 6.07) is 25.6. The number of rotatable bonds is 10. The number of aromatic nitrogens is 4. The molecule has 198 valence electrons. The van der Waals surface area contributed by atoms with Crippen molar-refractivity contribution in [2.45, 2.75) is 17.5 Å². The standard InChI is InChI=1S/C30H28N4O4S/c1-36-16-15-34-28(24-18-26(20-9-5-4-6-10-20)31-25-12-8-7-11-23(24)25)32-33-30(34)39-19-22-14-13-21(29(35)38-3)17-27(22)37-2/h4-14,17-18H,15-16,19H2,1-3H3. The van der Waals surface area contributed by atoms with Crippen molar-refractivity contribution in [2.75, 3.05) is 27.9 Å². The van der Waals surface area contributed by atoms with Gasteiger partial charge in [-0.05, 0) is 24.3 Å². The molecule has 9 heteroatoms. The zero-order valence-electron chi connectivity index (χ0n) is 22.0. The molecule has 0 fully saturated rings. The van der Waals surface area contributed by atoms with Gasteiger partial charge in [0.2, 0.25) is 0 Å². The molecule has 0 spiro atoms. The number of carbonyl (C=O) groups is 1. The maximum Gasteiger partial charge on any atom is 0.337 e. The van der Waals surface area contributed by atoms with E-state index in [1.54, 1.807) is 38.1 Å². The molecule has 5 aromatic rings. The maximum atomic E-state index is 11.9. The van der Waals surface area contributed by atoms with Crippen LogP contribution in [0.3, 0.4) is 0 Å². The number of hydrogen-bond donors (Lipinski definition) is 0. The minimum absolute atomic E-state index is 0.407. The van der Waals surface area contributed by atoms with Crippen LogP contribution < -0.4 is 4.74 Å². The highest BCUT2D eigenvalue weighted by atomic mass is 32.2. The topological polar surface area (TPSA) is 88.4 Å². The average Bonchev–Trinajstić information content (AvgIpc) is 3.40. The maximum absolute atomic E-state index is 11.9.